The monoisotopic (exact) mass is 234 g/mol. The van der Waals surface area contributed by atoms with Crippen LogP contribution in [0.1, 0.15) is 30.2 Å². The third-order valence-electron chi connectivity index (χ3n) is 2.81. The third-order valence-corrected chi connectivity index (χ3v) is 2.81. The van der Waals surface area contributed by atoms with E-state index in [0.717, 1.165) is 23.0 Å². The molecular weight excluding hydrogens is 216 g/mol. The summed E-state index contributed by atoms with van der Waals surface area (Å²) in [6.07, 6.45) is 0. The van der Waals surface area contributed by atoms with Crippen molar-refractivity contribution in [1.82, 2.24) is 9.78 Å². The first-order valence-electron chi connectivity index (χ1n) is 5.61. The highest BCUT2D eigenvalue weighted by Crippen LogP contribution is 2.26. The van der Waals surface area contributed by atoms with Gasteiger partial charge in [-0.25, -0.2) is 0 Å². The van der Waals surface area contributed by atoms with Crippen molar-refractivity contribution in [2.24, 2.45) is 7.05 Å². The van der Waals surface area contributed by atoms with Crippen molar-refractivity contribution in [3.8, 4) is 0 Å². The minimum absolute atomic E-state index is 0.0563. The van der Waals surface area contributed by atoms with Crippen molar-refractivity contribution in [2.75, 3.05) is 11.1 Å². The predicted molar refractivity (Wildman–Crippen MR) is 67.8 cm³/mol. The molecule has 0 radical (unpaired) electrons. The molecule has 0 saturated carbocycles. The molecule has 0 amide bonds. The summed E-state index contributed by atoms with van der Waals surface area (Å²) in [5, 5.41) is 7.57. The van der Waals surface area contributed by atoms with Gasteiger partial charge in [0.15, 0.2) is 0 Å². The second kappa shape index (κ2) is 4.16. The molecule has 92 valence electrons. The Morgan fingerprint density at radius 2 is 2.12 bits per heavy atom. The summed E-state index contributed by atoms with van der Waals surface area (Å²) in [6.45, 7) is 5.85. The van der Waals surface area contributed by atoms with E-state index in [0.29, 0.717) is 5.69 Å². The van der Waals surface area contributed by atoms with Crippen LogP contribution in [-0.2, 0) is 7.05 Å². The first kappa shape index (κ1) is 11.6. The van der Waals surface area contributed by atoms with E-state index in [1.165, 1.54) is 0 Å². The summed E-state index contributed by atoms with van der Waals surface area (Å²) in [6, 6.07) is 3.97. The lowest BCUT2D eigenvalue weighted by Crippen LogP contribution is -2.10. The van der Waals surface area contributed by atoms with Crippen molar-refractivity contribution in [2.45, 2.75) is 26.8 Å². The van der Waals surface area contributed by atoms with Crippen LogP contribution in [0.25, 0.3) is 0 Å². The number of nitrogen functional groups attached to an aromatic ring is 1. The fourth-order valence-corrected chi connectivity index (χ4v) is 1.81. The molecule has 2 heterocycles. The highest BCUT2D eigenvalue weighted by atomic mass is 16.3. The molecule has 0 bridgehead atoms. The number of aromatic nitrogens is 2. The zero-order chi connectivity index (χ0) is 12.6. The SMILES string of the molecule is Cc1ccc(C(C)Nc2c(N)c(C)nn2C)o1. The number of hydrogen-bond acceptors (Lipinski definition) is 4. The molecule has 5 nitrogen and oxygen atoms in total. The number of furan rings is 1. The number of aryl methyl sites for hydroxylation is 3. The summed E-state index contributed by atoms with van der Waals surface area (Å²) in [4.78, 5) is 0. The second-order valence-corrected chi connectivity index (χ2v) is 4.29. The second-order valence-electron chi connectivity index (χ2n) is 4.29. The van der Waals surface area contributed by atoms with Crippen LogP contribution in [0, 0.1) is 13.8 Å². The van der Waals surface area contributed by atoms with E-state index < -0.39 is 0 Å². The Bertz CT molecular complexity index is 527. The van der Waals surface area contributed by atoms with E-state index in [1.54, 1.807) is 4.68 Å². The fraction of sp³-hybridized carbons (Fsp3) is 0.417. The number of nitrogens with one attached hydrogen (secondary N) is 1. The standard InChI is InChI=1S/C12H18N4O/c1-7-5-6-10(17-7)8(2)14-12-11(13)9(3)15-16(12)4/h5-6,8,14H,13H2,1-4H3. The van der Waals surface area contributed by atoms with Crippen LogP contribution in [0.2, 0.25) is 0 Å². The van der Waals surface area contributed by atoms with Crippen molar-refractivity contribution in [3.63, 3.8) is 0 Å². The van der Waals surface area contributed by atoms with Crippen LogP contribution >= 0.6 is 0 Å². The Labute approximate surface area is 101 Å². The topological polar surface area (TPSA) is 69.0 Å². The van der Waals surface area contributed by atoms with Crippen LogP contribution in [0.4, 0.5) is 11.5 Å². The van der Waals surface area contributed by atoms with Crippen molar-refractivity contribution >= 4 is 11.5 Å². The summed E-state index contributed by atoms with van der Waals surface area (Å²) in [5.74, 6) is 2.62. The summed E-state index contributed by atoms with van der Waals surface area (Å²) in [5.41, 5.74) is 7.47. The molecule has 17 heavy (non-hydrogen) atoms. The maximum atomic E-state index is 5.96. The molecule has 0 aliphatic heterocycles. The molecule has 2 aromatic heterocycles. The van der Waals surface area contributed by atoms with Crippen LogP contribution in [0.5, 0.6) is 0 Å². The predicted octanol–water partition coefficient (Wildman–Crippen LogP) is 2.39. The molecule has 2 aromatic rings. The molecule has 1 unspecified atom stereocenters. The first-order chi connectivity index (χ1) is 7.99. The van der Waals surface area contributed by atoms with Gasteiger partial charge in [0, 0.05) is 7.05 Å². The fourth-order valence-electron chi connectivity index (χ4n) is 1.81. The molecule has 2 rings (SSSR count). The molecule has 0 aliphatic carbocycles. The van der Waals surface area contributed by atoms with Gasteiger partial charge in [0.05, 0.1) is 17.4 Å². The lowest BCUT2D eigenvalue weighted by Gasteiger charge is -2.13. The quantitative estimate of drug-likeness (QED) is 0.855. The number of nitrogens with zero attached hydrogens (tertiary/aromatic N) is 2. The number of hydrogen-bond donors (Lipinski definition) is 2. The molecule has 0 aliphatic rings. The molecule has 0 spiro atoms. The summed E-state index contributed by atoms with van der Waals surface area (Å²) >= 11 is 0. The van der Waals surface area contributed by atoms with Crippen LogP contribution in [0.15, 0.2) is 16.5 Å². The number of rotatable bonds is 3. The zero-order valence-electron chi connectivity index (χ0n) is 10.6. The van der Waals surface area contributed by atoms with E-state index >= 15 is 0 Å². The van der Waals surface area contributed by atoms with Crippen LogP contribution in [-0.4, -0.2) is 9.78 Å². The smallest absolute Gasteiger partial charge is 0.148 e. The maximum absolute atomic E-state index is 5.96. The lowest BCUT2D eigenvalue weighted by molar-refractivity contribution is 0.466. The van der Waals surface area contributed by atoms with Gasteiger partial charge in [0.25, 0.3) is 0 Å². The van der Waals surface area contributed by atoms with Crippen LogP contribution < -0.4 is 11.1 Å². The number of nitrogens with two attached hydrogens (primary N) is 1. The van der Waals surface area contributed by atoms with Gasteiger partial charge < -0.3 is 15.5 Å². The number of anilines is 2. The van der Waals surface area contributed by atoms with Gasteiger partial charge in [0.1, 0.15) is 17.3 Å². The minimum Gasteiger partial charge on any atom is -0.464 e. The molecule has 5 heteroatoms. The third kappa shape index (κ3) is 2.13. The van der Waals surface area contributed by atoms with Gasteiger partial charge in [-0.15, -0.1) is 0 Å². The Morgan fingerprint density at radius 3 is 2.59 bits per heavy atom. The van der Waals surface area contributed by atoms with E-state index in [4.69, 9.17) is 10.2 Å². The Balaban J connectivity index is 2.21. The maximum Gasteiger partial charge on any atom is 0.148 e. The van der Waals surface area contributed by atoms with Gasteiger partial charge in [-0.05, 0) is 32.9 Å². The van der Waals surface area contributed by atoms with E-state index in [9.17, 15) is 0 Å². The van der Waals surface area contributed by atoms with Crippen molar-refractivity contribution in [3.05, 3.63) is 29.3 Å². The lowest BCUT2D eigenvalue weighted by atomic mass is 10.2. The van der Waals surface area contributed by atoms with Gasteiger partial charge in [-0.3, -0.25) is 4.68 Å². The van der Waals surface area contributed by atoms with Crippen molar-refractivity contribution in [1.29, 1.82) is 0 Å². The molecule has 0 fully saturated rings. The molecule has 0 saturated heterocycles. The molecule has 1 atom stereocenters. The van der Waals surface area contributed by atoms with Gasteiger partial charge in [-0.1, -0.05) is 0 Å². The zero-order valence-corrected chi connectivity index (χ0v) is 10.6. The average molecular weight is 234 g/mol. The Hall–Kier alpha value is -1.91. The largest absolute Gasteiger partial charge is 0.464 e. The van der Waals surface area contributed by atoms with E-state index in [2.05, 4.69) is 10.4 Å². The highest BCUT2D eigenvalue weighted by molar-refractivity contribution is 5.65. The first-order valence-corrected chi connectivity index (χ1v) is 5.61. The van der Waals surface area contributed by atoms with Crippen molar-refractivity contribution < 1.29 is 4.42 Å². The minimum atomic E-state index is 0.0563. The van der Waals surface area contributed by atoms with Gasteiger partial charge in [0.2, 0.25) is 0 Å². The molecule has 3 N–H and O–H groups in total. The van der Waals surface area contributed by atoms with E-state index in [-0.39, 0.29) is 6.04 Å². The van der Waals surface area contributed by atoms with Crippen LogP contribution in [0.3, 0.4) is 0 Å². The van der Waals surface area contributed by atoms with E-state index in [1.807, 2.05) is 40.0 Å². The normalized spacial score (nSPS) is 12.7. The van der Waals surface area contributed by atoms with Gasteiger partial charge >= 0.3 is 0 Å². The Kier molecular flexibility index (Phi) is 2.83. The highest BCUT2D eigenvalue weighted by Gasteiger charge is 2.15. The Morgan fingerprint density at radius 1 is 1.41 bits per heavy atom. The molecular formula is C12H18N4O. The molecule has 0 aromatic carbocycles. The summed E-state index contributed by atoms with van der Waals surface area (Å²) in [7, 11) is 1.87. The van der Waals surface area contributed by atoms with Gasteiger partial charge in [-0.2, -0.15) is 5.10 Å². The summed E-state index contributed by atoms with van der Waals surface area (Å²) < 4.78 is 7.32. The average Bonchev–Trinajstić information content (AvgIpc) is 2.79.